The van der Waals surface area contributed by atoms with Crippen LogP contribution in [-0.4, -0.2) is 20.2 Å². The number of nitrogens with one attached hydrogen (secondary N) is 1. The molecule has 4 rings (SSSR count). The highest BCUT2D eigenvalue weighted by molar-refractivity contribution is 7.39. The fourth-order valence-corrected chi connectivity index (χ4v) is 3.84. The lowest BCUT2D eigenvalue weighted by molar-refractivity contribution is 0.260. The molecule has 1 amide bonds. The zero-order valence-electron chi connectivity index (χ0n) is 17.1. The van der Waals surface area contributed by atoms with Crippen LogP contribution >= 0.6 is 9.24 Å². The van der Waals surface area contributed by atoms with Crippen LogP contribution in [0.2, 0.25) is 0 Å². The van der Waals surface area contributed by atoms with E-state index in [2.05, 4.69) is 61.4 Å². The Balaban J connectivity index is 1.77. The Labute approximate surface area is 178 Å². The summed E-state index contributed by atoms with van der Waals surface area (Å²) < 4.78 is 2.28. The lowest BCUT2D eigenvalue weighted by Crippen LogP contribution is -2.14. The largest absolute Gasteiger partial charge is 0.382 e. The van der Waals surface area contributed by atoms with Crippen molar-refractivity contribution < 1.29 is 4.79 Å². The number of para-hydroxylation sites is 1. The third-order valence-electron chi connectivity index (χ3n) is 5.27. The number of anilines is 1. The SMILES string of the molecule is CCCCc1nc2c(N)nc3ccccc3c2n1Cc1ccc(CNC(=O)P)cc1. The predicted molar refractivity (Wildman–Crippen MR) is 126 cm³/mol. The molecule has 0 saturated heterocycles. The van der Waals surface area contributed by atoms with Crippen LogP contribution < -0.4 is 11.1 Å². The van der Waals surface area contributed by atoms with Gasteiger partial charge in [-0.3, -0.25) is 4.79 Å². The number of nitrogens with zero attached hydrogens (tertiary/aromatic N) is 3. The van der Waals surface area contributed by atoms with Crippen molar-refractivity contribution >= 4 is 42.6 Å². The molecule has 2 aromatic carbocycles. The minimum absolute atomic E-state index is 0.109. The molecule has 30 heavy (non-hydrogen) atoms. The van der Waals surface area contributed by atoms with Crippen molar-refractivity contribution in [3.8, 4) is 0 Å². The minimum atomic E-state index is -0.109. The molecule has 0 aliphatic carbocycles. The molecular weight excluding hydrogens is 393 g/mol. The Hall–Kier alpha value is -2.98. The van der Waals surface area contributed by atoms with Gasteiger partial charge in [0.2, 0.25) is 5.65 Å². The molecule has 0 aliphatic heterocycles. The second-order valence-corrected chi connectivity index (χ2v) is 7.99. The number of amides is 1. The number of nitrogen functional groups attached to an aromatic ring is 1. The zero-order valence-corrected chi connectivity index (χ0v) is 18.2. The van der Waals surface area contributed by atoms with Crippen LogP contribution in [-0.2, 0) is 19.5 Å². The number of unbranched alkanes of at least 4 members (excludes halogenated alkanes) is 1. The van der Waals surface area contributed by atoms with Crippen molar-refractivity contribution in [2.24, 2.45) is 0 Å². The lowest BCUT2D eigenvalue weighted by Gasteiger charge is -2.12. The van der Waals surface area contributed by atoms with E-state index in [1.54, 1.807) is 0 Å². The molecule has 4 aromatic rings. The fourth-order valence-electron chi connectivity index (χ4n) is 3.74. The standard InChI is InChI=1S/C23H26N5OP/c1-2-3-8-19-27-20-21(17-6-4-5-7-18(17)26-22(20)24)28(19)14-16-11-9-15(10-12-16)13-25-23(29)30/h4-7,9-12H,2-3,8,13-14,30H2,1H3,(H2,24,26)(H,25,29). The third-order valence-corrected chi connectivity index (χ3v) is 5.48. The molecule has 3 N–H and O–H groups in total. The van der Waals surface area contributed by atoms with E-state index in [9.17, 15) is 4.79 Å². The minimum Gasteiger partial charge on any atom is -0.382 e. The van der Waals surface area contributed by atoms with E-state index in [0.29, 0.717) is 18.9 Å². The van der Waals surface area contributed by atoms with Gasteiger partial charge in [0.1, 0.15) is 11.3 Å². The van der Waals surface area contributed by atoms with E-state index in [0.717, 1.165) is 52.6 Å². The third kappa shape index (κ3) is 4.14. The summed E-state index contributed by atoms with van der Waals surface area (Å²) in [5, 5.41) is 3.86. The van der Waals surface area contributed by atoms with E-state index < -0.39 is 0 Å². The summed E-state index contributed by atoms with van der Waals surface area (Å²) >= 11 is 0. The summed E-state index contributed by atoms with van der Waals surface area (Å²) in [6.45, 7) is 3.41. The van der Waals surface area contributed by atoms with Crippen molar-refractivity contribution in [1.29, 1.82) is 0 Å². The summed E-state index contributed by atoms with van der Waals surface area (Å²) in [6.07, 6.45) is 3.08. The number of hydrogen-bond acceptors (Lipinski definition) is 4. The van der Waals surface area contributed by atoms with Gasteiger partial charge in [-0.2, -0.15) is 0 Å². The zero-order chi connectivity index (χ0) is 21.1. The number of aryl methyl sites for hydroxylation is 1. The number of nitrogens with two attached hydrogens (primary N) is 1. The predicted octanol–water partition coefficient (Wildman–Crippen LogP) is 4.64. The van der Waals surface area contributed by atoms with Crippen LogP contribution in [0.1, 0.15) is 36.7 Å². The average molecular weight is 419 g/mol. The van der Waals surface area contributed by atoms with Crippen LogP contribution in [0, 0.1) is 0 Å². The quantitative estimate of drug-likeness (QED) is 0.427. The van der Waals surface area contributed by atoms with Gasteiger partial charge in [0.25, 0.3) is 0 Å². The van der Waals surface area contributed by atoms with Crippen LogP contribution in [0.5, 0.6) is 0 Å². The topological polar surface area (TPSA) is 85.8 Å². The normalized spacial score (nSPS) is 11.3. The highest BCUT2D eigenvalue weighted by atomic mass is 31.0. The molecule has 0 aliphatic rings. The second-order valence-electron chi connectivity index (χ2n) is 7.46. The number of imidazole rings is 1. The highest BCUT2D eigenvalue weighted by Gasteiger charge is 2.17. The van der Waals surface area contributed by atoms with Gasteiger partial charge in [-0.15, -0.1) is 0 Å². The molecule has 0 saturated carbocycles. The Bertz CT molecular complexity index is 1200. The summed E-state index contributed by atoms with van der Waals surface area (Å²) in [7, 11) is 2.13. The number of fused-ring (bicyclic) bond motifs is 3. The number of benzene rings is 2. The number of aromatic nitrogens is 3. The van der Waals surface area contributed by atoms with Gasteiger partial charge in [0, 0.05) is 24.9 Å². The summed E-state index contributed by atoms with van der Waals surface area (Å²) in [4.78, 5) is 20.6. The maximum Gasteiger partial charge on any atom is 0.235 e. The molecule has 2 heterocycles. The van der Waals surface area contributed by atoms with E-state index in [1.807, 2.05) is 18.2 Å². The lowest BCUT2D eigenvalue weighted by atomic mass is 10.1. The number of carbonyl (C=O) groups is 1. The van der Waals surface area contributed by atoms with Gasteiger partial charge in [-0.05, 0) is 32.9 Å². The molecule has 1 atom stereocenters. The van der Waals surface area contributed by atoms with Crippen molar-refractivity contribution in [1.82, 2.24) is 19.9 Å². The number of rotatable bonds is 7. The van der Waals surface area contributed by atoms with Crippen LogP contribution in [0.4, 0.5) is 10.6 Å². The highest BCUT2D eigenvalue weighted by Crippen LogP contribution is 2.30. The number of pyridine rings is 1. The second kappa shape index (κ2) is 8.80. The van der Waals surface area contributed by atoms with Gasteiger partial charge in [-0.1, -0.05) is 55.8 Å². The van der Waals surface area contributed by atoms with Gasteiger partial charge >= 0.3 is 0 Å². The molecule has 0 spiro atoms. The summed E-state index contributed by atoms with van der Waals surface area (Å²) in [5.74, 6) is 1.51. The molecule has 0 bridgehead atoms. The van der Waals surface area contributed by atoms with Crippen LogP contribution in [0.3, 0.4) is 0 Å². The molecule has 6 nitrogen and oxygen atoms in total. The van der Waals surface area contributed by atoms with Crippen molar-refractivity contribution in [3.05, 3.63) is 65.5 Å². The van der Waals surface area contributed by atoms with E-state index in [4.69, 9.17) is 10.7 Å². The maximum absolute atomic E-state index is 11.1. The Morgan fingerprint density at radius 1 is 1.10 bits per heavy atom. The van der Waals surface area contributed by atoms with Crippen molar-refractivity contribution in [2.45, 2.75) is 39.3 Å². The number of carbonyl (C=O) groups excluding carboxylic acids is 1. The molecule has 1 unspecified atom stereocenters. The summed E-state index contributed by atoms with van der Waals surface area (Å²) in [5.41, 5.74) is 11.1. The Morgan fingerprint density at radius 3 is 2.57 bits per heavy atom. The first-order valence-electron chi connectivity index (χ1n) is 10.2. The van der Waals surface area contributed by atoms with Crippen LogP contribution in [0.15, 0.2) is 48.5 Å². The number of hydrogen-bond donors (Lipinski definition) is 2. The van der Waals surface area contributed by atoms with Crippen LogP contribution in [0.25, 0.3) is 21.9 Å². The Morgan fingerprint density at radius 2 is 1.83 bits per heavy atom. The fraction of sp³-hybridized carbons (Fsp3) is 0.261. The molecule has 154 valence electrons. The van der Waals surface area contributed by atoms with E-state index in [-0.39, 0.29) is 5.65 Å². The van der Waals surface area contributed by atoms with Gasteiger partial charge < -0.3 is 15.6 Å². The molecule has 0 fully saturated rings. The molecule has 7 heteroatoms. The maximum atomic E-state index is 11.1. The van der Waals surface area contributed by atoms with Gasteiger partial charge in [0.15, 0.2) is 5.82 Å². The molecule has 2 aromatic heterocycles. The Kier molecular flexibility index (Phi) is 5.96. The average Bonchev–Trinajstić information content (AvgIpc) is 3.11. The van der Waals surface area contributed by atoms with E-state index in [1.165, 1.54) is 5.56 Å². The van der Waals surface area contributed by atoms with Crippen molar-refractivity contribution in [2.75, 3.05) is 5.73 Å². The summed E-state index contributed by atoms with van der Waals surface area (Å²) in [6, 6.07) is 16.4. The first kappa shape index (κ1) is 20.3. The smallest absolute Gasteiger partial charge is 0.235 e. The van der Waals surface area contributed by atoms with Crippen molar-refractivity contribution in [3.63, 3.8) is 0 Å². The van der Waals surface area contributed by atoms with Gasteiger partial charge in [0.05, 0.1) is 11.0 Å². The monoisotopic (exact) mass is 419 g/mol. The van der Waals surface area contributed by atoms with Gasteiger partial charge in [-0.25, -0.2) is 9.97 Å². The molecule has 0 radical (unpaired) electrons. The molecular formula is C23H26N5OP. The first-order valence-corrected chi connectivity index (χ1v) is 10.8. The first-order chi connectivity index (χ1) is 14.6. The van der Waals surface area contributed by atoms with E-state index >= 15 is 0 Å².